The van der Waals surface area contributed by atoms with Crippen LogP contribution in [0, 0.1) is 6.92 Å². The minimum Gasteiger partial charge on any atom is -0.480 e. The molecule has 0 saturated heterocycles. The van der Waals surface area contributed by atoms with Crippen LogP contribution in [0.25, 0.3) is 5.70 Å². The first-order valence-corrected chi connectivity index (χ1v) is 11.0. The van der Waals surface area contributed by atoms with Crippen LogP contribution < -0.4 is 10.1 Å². The Labute approximate surface area is 188 Å². The lowest BCUT2D eigenvalue weighted by atomic mass is 9.84. The summed E-state index contributed by atoms with van der Waals surface area (Å²) in [6.07, 6.45) is 1.35. The van der Waals surface area contributed by atoms with Crippen LogP contribution in [-0.2, 0) is 0 Å². The Morgan fingerprint density at radius 1 is 0.935 bits per heavy atom. The number of aryl methyl sites for hydroxylation is 1. The van der Waals surface area contributed by atoms with Crippen LogP contribution in [0.4, 0.5) is 5.95 Å². The number of fused-ring (bicyclic) bond motifs is 3. The monoisotopic (exact) mass is 470 g/mol. The smallest absolute Gasteiger partial charge is 0.226 e. The van der Waals surface area contributed by atoms with Crippen LogP contribution in [0.2, 0.25) is 0 Å². The molecular weight excluding hydrogens is 452 g/mol. The lowest BCUT2D eigenvalue weighted by molar-refractivity contribution is 0.223. The molecule has 6 rings (SSSR count). The summed E-state index contributed by atoms with van der Waals surface area (Å²) < 4.78 is 9.61. The van der Waals surface area contributed by atoms with Crippen molar-refractivity contribution < 1.29 is 4.74 Å². The maximum absolute atomic E-state index is 6.63. The number of hydrogen-bond acceptors (Lipinski definition) is 4. The summed E-state index contributed by atoms with van der Waals surface area (Å²) in [4.78, 5) is 4.48. The molecule has 0 aliphatic carbocycles. The lowest BCUT2D eigenvalue weighted by Gasteiger charge is -2.39. The van der Waals surface area contributed by atoms with E-state index in [9.17, 15) is 0 Å². The van der Waals surface area contributed by atoms with Gasteiger partial charge >= 0.3 is 0 Å². The summed E-state index contributed by atoms with van der Waals surface area (Å²) in [7, 11) is 0. The number of benzene rings is 3. The Balaban J connectivity index is 1.62. The van der Waals surface area contributed by atoms with Crippen LogP contribution >= 0.6 is 15.9 Å². The standard InChI is InChI=1S/C25H19BrN4O/c1-15-6-8-17(9-7-15)24-21-22(19-4-2-3-5-20(19)31-24)29-25-27-14-28-30(25)23(21)16-10-12-18(26)13-11-16/h2-14,23-24H,1H3,(H,27,28,29)/t23-,24-/m0/s1. The molecule has 0 radical (unpaired) electrons. The average Bonchev–Trinajstić information content (AvgIpc) is 3.27. The van der Waals surface area contributed by atoms with Gasteiger partial charge in [0.1, 0.15) is 24.2 Å². The van der Waals surface area contributed by atoms with Gasteiger partial charge in [0.2, 0.25) is 5.95 Å². The third-order valence-electron chi connectivity index (χ3n) is 5.89. The van der Waals surface area contributed by atoms with Crippen molar-refractivity contribution in [1.29, 1.82) is 0 Å². The first-order valence-electron chi connectivity index (χ1n) is 10.2. The molecule has 152 valence electrons. The van der Waals surface area contributed by atoms with E-state index in [1.807, 2.05) is 22.9 Å². The van der Waals surface area contributed by atoms with Gasteiger partial charge in [0.05, 0.1) is 5.70 Å². The van der Waals surface area contributed by atoms with E-state index in [1.54, 1.807) is 6.33 Å². The van der Waals surface area contributed by atoms with Gasteiger partial charge in [-0.2, -0.15) is 10.1 Å². The fourth-order valence-electron chi connectivity index (χ4n) is 4.40. The minimum atomic E-state index is -0.246. The van der Waals surface area contributed by atoms with Crippen LogP contribution in [-0.4, -0.2) is 14.8 Å². The quantitative estimate of drug-likeness (QED) is 0.395. The van der Waals surface area contributed by atoms with Crippen molar-refractivity contribution in [2.75, 3.05) is 5.32 Å². The number of aromatic nitrogens is 3. The highest BCUT2D eigenvalue weighted by molar-refractivity contribution is 9.10. The molecule has 2 aliphatic rings. The van der Waals surface area contributed by atoms with Crippen molar-refractivity contribution in [3.05, 3.63) is 111 Å². The number of nitrogens with one attached hydrogen (secondary N) is 1. The number of hydrogen-bond donors (Lipinski definition) is 1. The van der Waals surface area contributed by atoms with Crippen LogP contribution in [0.3, 0.4) is 0 Å². The highest BCUT2D eigenvalue weighted by Gasteiger charge is 2.40. The topological polar surface area (TPSA) is 52.0 Å². The summed E-state index contributed by atoms with van der Waals surface area (Å²) >= 11 is 3.56. The molecule has 0 saturated carbocycles. The SMILES string of the molecule is Cc1ccc([C@@H]2Oc3ccccc3C3=C2[C@H](c2ccc(Br)cc2)n2ncnc2N3)cc1. The second kappa shape index (κ2) is 7.10. The van der Waals surface area contributed by atoms with E-state index in [0.717, 1.165) is 44.1 Å². The number of ether oxygens (including phenoxy) is 1. The number of para-hydroxylation sites is 1. The van der Waals surface area contributed by atoms with Crippen molar-refractivity contribution in [3.63, 3.8) is 0 Å². The van der Waals surface area contributed by atoms with Gasteiger partial charge in [0, 0.05) is 15.6 Å². The van der Waals surface area contributed by atoms with Gasteiger partial charge in [-0.1, -0.05) is 70.0 Å². The van der Waals surface area contributed by atoms with Gasteiger partial charge in [-0.3, -0.25) is 0 Å². The normalized spacial score (nSPS) is 19.0. The van der Waals surface area contributed by atoms with Gasteiger partial charge in [0.25, 0.3) is 0 Å². The Bertz CT molecular complexity index is 1310. The molecule has 3 heterocycles. The van der Waals surface area contributed by atoms with Gasteiger partial charge in [-0.25, -0.2) is 4.68 Å². The zero-order chi connectivity index (χ0) is 20.9. The molecule has 6 heteroatoms. The lowest BCUT2D eigenvalue weighted by Crippen LogP contribution is -2.32. The van der Waals surface area contributed by atoms with Crippen LogP contribution in [0.5, 0.6) is 5.75 Å². The van der Waals surface area contributed by atoms with Crippen LogP contribution in [0.1, 0.15) is 34.4 Å². The summed E-state index contributed by atoms with van der Waals surface area (Å²) in [6, 6.07) is 25.0. The van der Waals surface area contributed by atoms with E-state index < -0.39 is 0 Å². The Kier molecular flexibility index (Phi) is 4.21. The van der Waals surface area contributed by atoms with Gasteiger partial charge in [-0.05, 0) is 42.3 Å². The fourth-order valence-corrected chi connectivity index (χ4v) is 4.66. The van der Waals surface area contributed by atoms with Crippen LogP contribution in [0.15, 0.2) is 89.2 Å². The molecule has 0 bridgehead atoms. The Morgan fingerprint density at radius 2 is 1.68 bits per heavy atom. The molecule has 3 aromatic carbocycles. The molecule has 1 aromatic heterocycles. The third-order valence-corrected chi connectivity index (χ3v) is 6.42. The summed E-state index contributed by atoms with van der Waals surface area (Å²) in [5.74, 6) is 1.59. The summed E-state index contributed by atoms with van der Waals surface area (Å²) in [5, 5.41) is 8.10. The molecule has 0 amide bonds. The van der Waals surface area contributed by atoms with Gasteiger partial charge in [0.15, 0.2) is 0 Å². The largest absolute Gasteiger partial charge is 0.480 e. The number of halogens is 1. The van der Waals surface area contributed by atoms with Gasteiger partial charge in [-0.15, -0.1) is 0 Å². The number of rotatable bonds is 2. The molecule has 2 atom stereocenters. The van der Waals surface area contributed by atoms with Crippen molar-refractivity contribution >= 4 is 27.6 Å². The first kappa shape index (κ1) is 18.4. The van der Waals surface area contributed by atoms with E-state index in [4.69, 9.17) is 4.74 Å². The van der Waals surface area contributed by atoms with Crippen molar-refractivity contribution in [3.8, 4) is 5.75 Å². The molecule has 0 fully saturated rings. The first-order chi connectivity index (χ1) is 15.2. The maximum Gasteiger partial charge on any atom is 0.226 e. The van der Waals surface area contributed by atoms with Crippen molar-refractivity contribution in [2.24, 2.45) is 0 Å². The van der Waals surface area contributed by atoms with E-state index in [1.165, 1.54) is 5.56 Å². The molecule has 0 unspecified atom stereocenters. The Morgan fingerprint density at radius 3 is 2.48 bits per heavy atom. The fraction of sp³-hybridized carbons (Fsp3) is 0.120. The summed E-state index contributed by atoms with van der Waals surface area (Å²) in [6.45, 7) is 2.10. The zero-order valence-electron chi connectivity index (χ0n) is 16.8. The third kappa shape index (κ3) is 2.98. The second-order valence-corrected chi connectivity index (χ2v) is 8.76. The van der Waals surface area contributed by atoms with E-state index in [-0.39, 0.29) is 12.1 Å². The molecule has 5 nitrogen and oxygen atoms in total. The van der Waals surface area contributed by atoms with E-state index in [0.29, 0.717) is 0 Å². The predicted octanol–water partition coefficient (Wildman–Crippen LogP) is 5.91. The highest BCUT2D eigenvalue weighted by Crippen LogP contribution is 2.50. The maximum atomic E-state index is 6.63. The number of nitrogens with zero attached hydrogens (tertiary/aromatic N) is 3. The van der Waals surface area contributed by atoms with E-state index in [2.05, 4.69) is 92.9 Å². The van der Waals surface area contributed by atoms with Gasteiger partial charge < -0.3 is 10.1 Å². The predicted molar refractivity (Wildman–Crippen MR) is 124 cm³/mol. The molecule has 1 N–H and O–H groups in total. The second-order valence-electron chi connectivity index (χ2n) is 7.84. The molecule has 4 aromatic rings. The highest BCUT2D eigenvalue weighted by atomic mass is 79.9. The number of anilines is 1. The van der Waals surface area contributed by atoms with E-state index >= 15 is 0 Å². The molecule has 0 spiro atoms. The minimum absolute atomic E-state index is 0.137. The Hall–Kier alpha value is -3.38. The molecule has 2 aliphatic heterocycles. The van der Waals surface area contributed by atoms with Crippen molar-refractivity contribution in [2.45, 2.75) is 19.1 Å². The molecule has 31 heavy (non-hydrogen) atoms. The molecular formula is C25H19BrN4O. The average molecular weight is 471 g/mol. The summed E-state index contributed by atoms with van der Waals surface area (Å²) in [5.41, 5.74) is 6.67. The van der Waals surface area contributed by atoms with Crippen molar-refractivity contribution in [1.82, 2.24) is 14.8 Å². The zero-order valence-corrected chi connectivity index (χ0v) is 18.4.